The Morgan fingerprint density at radius 2 is 2.42 bits per heavy atom. The Kier molecular flexibility index (Phi) is 2.11. The highest BCUT2D eigenvalue weighted by Gasteiger charge is 2.15. The molecular weight excluding hydrogens is 188 g/mol. The van der Waals surface area contributed by atoms with Crippen molar-refractivity contribution in [2.75, 3.05) is 0 Å². The topological polar surface area (TPSA) is 24.9 Å². The van der Waals surface area contributed by atoms with E-state index in [4.69, 9.17) is 0 Å². The number of hydrogen-bond donors (Lipinski definition) is 1. The number of nitrogens with zero attached hydrogens (tertiary/aromatic N) is 1. The van der Waals surface area contributed by atoms with Crippen LogP contribution in [0.3, 0.4) is 0 Å². The van der Waals surface area contributed by atoms with Gasteiger partial charge in [-0.15, -0.1) is 11.3 Å². The second kappa shape index (κ2) is 3.11. The average Bonchev–Trinajstić information content (AvgIpc) is 2.58. The van der Waals surface area contributed by atoms with E-state index in [9.17, 15) is 0 Å². The first kappa shape index (κ1) is 8.13. The maximum Gasteiger partial charge on any atom is 0.0900 e. The van der Waals surface area contributed by atoms with Gasteiger partial charge in [-0.25, -0.2) is 4.98 Å². The summed E-state index contributed by atoms with van der Waals surface area (Å²) in [6, 6.07) is 0. The van der Waals surface area contributed by atoms with Crippen molar-refractivity contribution in [1.29, 1.82) is 0 Å². The van der Waals surface area contributed by atoms with Crippen LogP contribution in [0.5, 0.6) is 0 Å². The fraction of sp³-hybridized carbons (Fsp3) is 0.375. The van der Waals surface area contributed by atoms with E-state index < -0.39 is 0 Å². The molecule has 12 heavy (non-hydrogen) atoms. The van der Waals surface area contributed by atoms with Crippen molar-refractivity contribution in [1.82, 2.24) is 10.3 Å². The van der Waals surface area contributed by atoms with Gasteiger partial charge in [0.2, 0.25) is 0 Å². The SMILES string of the molecule is Cc1ncc(C2=CNC(C)S2)s1. The summed E-state index contributed by atoms with van der Waals surface area (Å²) in [5, 5.41) is 4.89. The van der Waals surface area contributed by atoms with Crippen LogP contribution >= 0.6 is 23.1 Å². The first-order valence-corrected chi connectivity index (χ1v) is 5.51. The molecule has 0 aliphatic carbocycles. The molecule has 1 N–H and O–H groups in total. The third kappa shape index (κ3) is 1.49. The van der Waals surface area contributed by atoms with Gasteiger partial charge in [0.1, 0.15) is 0 Å². The lowest BCUT2D eigenvalue weighted by Crippen LogP contribution is -2.09. The zero-order valence-electron chi connectivity index (χ0n) is 7.00. The van der Waals surface area contributed by atoms with E-state index in [0.717, 1.165) is 5.01 Å². The van der Waals surface area contributed by atoms with E-state index in [2.05, 4.69) is 23.4 Å². The van der Waals surface area contributed by atoms with Gasteiger partial charge in [-0.2, -0.15) is 0 Å². The average molecular weight is 198 g/mol. The molecule has 0 bridgehead atoms. The van der Waals surface area contributed by atoms with Gasteiger partial charge in [-0.05, 0) is 13.8 Å². The number of thiazole rings is 1. The van der Waals surface area contributed by atoms with Crippen LogP contribution in [0.4, 0.5) is 0 Å². The number of nitrogens with one attached hydrogen (secondary N) is 1. The Balaban J connectivity index is 2.21. The smallest absolute Gasteiger partial charge is 0.0900 e. The molecule has 1 atom stereocenters. The van der Waals surface area contributed by atoms with Gasteiger partial charge in [-0.1, -0.05) is 11.8 Å². The van der Waals surface area contributed by atoms with Crippen LogP contribution in [0.25, 0.3) is 4.91 Å². The van der Waals surface area contributed by atoms with Crippen molar-refractivity contribution in [2.24, 2.45) is 0 Å². The lowest BCUT2D eigenvalue weighted by atomic mass is 10.5. The Hall–Kier alpha value is -0.480. The van der Waals surface area contributed by atoms with Crippen LogP contribution in [-0.2, 0) is 0 Å². The largest absolute Gasteiger partial charge is 0.378 e. The van der Waals surface area contributed by atoms with Crippen molar-refractivity contribution in [2.45, 2.75) is 19.2 Å². The third-order valence-electron chi connectivity index (χ3n) is 1.62. The molecule has 2 nitrogen and oxygen atoms in total. The quantitative estimate of drug-likeness (QED) is 0.750. The van der Waals surface area contributed by atoms with Crippen LogP contribution < -0.4 is 5.32 Å². The highest BCUT2D eigenvalue weighted by atomic mass is 32.2. The summed E-state index contributed by atoms with van der Waals surface area (Å²) in [7, 11) is 0. The lowest BCUT2D eigenvalue weighted by molar-refractivity contribution is 0.875. The van der Waals surface area contributed by atoms with Crippen LogP contribution in [0.15, 0.2) is 12.4 Å². The lowest BCUT2D eigenvalue weighted by Gasteiger charge is -1.99. The predicted molar refractivity (Wildman–Crippen MR) is 55.0 cm³/mol. The van der Waals surface area contributed by atoms with E-state index in [0.29, 0.717) is 5.37 Å². The third-order valence-corrected chi connectivity index (χ3v) is 3.77. The van der Waals surface area contributed by atoms with Crippen molar-refractivity contribution < 1.29 is 0 Å². The molecule has 1 aromatic heterocycles. The van der Waals surface area contributed by atoms with E-state index in [1.54, 1.807) is 11.3 Å². The Labute approximate surface area is 80.1 Å². The molecule has 0 aromatic carbocycles. The minimum absolute atomic E-state index is 0.502. The zero-order valence-corrected chi connectivity index (χ0v) is 8.63. The molecule has 4 heteroatoms. The molecule has 2 rings (SSSR count). The number of thioether (sulfide) groups is 1. The molecule has 64 valence electrons. The van der Waals surface area contributed by atoms with Gasteiger partial charge in [0.25, 0.3) is 0 Å². The molecule has 1 aromatic rings. The Morgan fingerprint density at radius 1 is 1.58 bits per heavy atom. The molecule has 0 radical (unpaired) electrons. The summed E-state index contributed by atoms with van der Waals surface area (Å²) in [6.07, 6.45) is 4.01. The minimum atomic E-state index is 0.502. The molecule has 0 saturated heterocycles. The summed E-state index contributed by atoms with van der Waals surface area (Å²) < 4.78 is 0. The standard InChI is InChI=1S/C8H10N2S2/c1-5-9-3-7(11-5)8-4-10-6(2)12-8/h3-5,9H,1-2H3. The van der Waals surface area contributed by atoms with E-state index in [-0.39, 0.29) is 0 Å². The second-order valence-corrected chi connectivity index (χ2v) is 5.30. The number of aromatic nitrogens is 1. The summed E-state index contributed by atoms with van der Waals surface area (Å²) in [6.45, 7) is 4.19. The van der Waals surface area contributed by atoms with Gasteiger partial charge < -0.3 is 5.32 Å². The van der Waals surface area contributed by atoms with Crippen LogP contribution in [0, 0.1) is 6.92 Å². The molecule has 1 aliphatic heterocycles. The van der Waals surface area contributed by atoms with Gasteiger partial charge in [0.05, 0.1) is 15.3 Å². The van der Waals surface area contributed by atoms with Crippen molar-refractivity contribution >= 4 is 28.0 Å². The van der Waals surface area contributed by atoms with Gasteiger partial charge in [0, 0.05) is 17.3 Å². The molecule has 0 amide bonds. The number of rotatable bonds is 1. The highest BCUT2D eigenvalue weighted by molar-refractivity contribution is 8.09. The number of hydrogen-bond acceptors (Lipinski definition) is 4. The molecule has 1 unspecified atom stereocenters. The number of aryl methyl sites for hydroxylation is 1. The normalized spacial score (nSPS) is 22.2. The van der Waals surface area contributed by atoms with Gasteiger partial charge >= 0.3 is 0 Å². The molecular formula is C8H10N2S2. The van der Waals surface area contributed by atoms with Crippen molar-refractivity contribution in [3.8, 4) is 0 Å². The maximum atomic E-state index is 4.22. The van der Waals surface area contributed by atoms with Gasteiger partial charge in [0.15, 0.2) is 0 Å². The maximum absolute atomic E-state index is 4.22. The Bertz CT molecular complexity index is 317. The summed E-state index contributed by atoms with van der Waals surface area (Å²) >= 11 is 3.60. The first-order chi connectivity index (χ1) is 5.75. The van der Waals surface area contributed by atoms with E-state index in [1.807, 2.05) is 24.9 Å². The predicted octanol–water partition coefficient (Wildman–Crippen LogP) is 2.43. The van der Waals surface area contributed by atoms with Crippen LogP contribution in [0.1, 0.15) is 16.8 Å². The Morgan fingerprint density at radius 3 is 2.92 bits per heavy atom. The van der Waals surface area contributed by atoms with E-state index >= 15 is 0 Å². The monoisotopic (exact) mass is 198 g/mol. The fourth-order valence-corrected chi connectivity index (χ4v) is 2.84. The molecule has 0 saturated carbocycles. The highest BCUT2D eigenvalue weighted by Crippen LogP contribution is 2.36. The first-order valence-electron chi connectivity index (χ1n) is 3.81. The second-order valence-electron chi connectivity index (χ2n) is 2.68. The zero-order chi connectivity index (χ0) is 8.55. The van der Waals surface area contributed by atoms with Crippen molar-refractivity contribution in [3.63, 3.8) is 0 Å². The summed E-state index contributed by atoms with van der Waals surface area (Å²) in [5.74, 6) is 0. The van der Waals surface area contributed by atoms with Crippen molar-refractivity contribution in [3.05, 3.63) is 22.3 Å². The van der Waals surface area contributed by atoms with E-state index in [1.165, 1.54) is 9.78 Å². The molecule has 2 heterocycles. The summed E-state index contributed by atoms with van der Waals surface area (Å²) in [4.78, 5) is 6.81. The van der Waals surface area contributed by atoms with Gasteiger partial charge in [-0.3, -0.25) is 0 Å². The minimum Gasteiger partial charge on any atom is -0.378 e. The van der Waals surface area contributed by atoms with Crippen LogP contribution in [0.2, 0.25) is 0 Å². The molecule has 0 fully saturated rings. The molecule has 0 spiro atoms. The van der Waals surface area contributed by atoms with Crippen LogP contribution in [-0.4, -0.2) is 10.4 Å². The molecule has 1 aliphatic rings. The fourth-order valence-electron chi connectivity index (χ4n) is 1.06. The summed E-state index contributed by atoms with van der Waals surface area (Å²) in [5.41, 5.74) is 0.